The number of carbonyl (C=O) groups excluding carboxylic acids is 1. The number of benzene rings is 2. The minimum absolute atomic E-state index is 0.0694. The second-order valence-electron chi connectivity index (χ2n) is 6.47. The van der Waals surface area contributed by atoms with Gasteiger partial charge < -0.3 is 14.8 Å². The molecule has 146 valence electrons. The summed E-state index contributed by atoms with van der Waals surface area (Å²) in [5, 5.41) is 5.04. The largest absolute Gasteiger partial charge is 0.493 e. The minimum Gasteiger partial charge on any atom is -0.493 e. The van der Waals surface area contributed by atoms with E-state index in [1.54, 1.807) is 18.4 Å². The lowest BCUT2D eigenvalue weighted by molar-refractivity contribution is -0.121. The number of ether oxygens (including phenoxy) is 2. The van der Waals surface area contributed by atoms with Gasteiger partial charge in [0.25, 0.3) is 0 Å². The van der Waals surface area contributed by atoms with Gasteiger partial charge in [0.2, 0.25) is 5.91 Å². The first-order chi connectivity index (χ1) is 13.7. The number of amides is 1. The summed E-state index contributed by atoms with van der Waals surface area (Å²) in [6.45, 7) is 0.963. The van der Waals surface area contributed by atoms with Gasteiger partial charge in [0, 0.05) is 17.8 Å². The van der Waals surface area contributed by atoms with E-state index in [2.05, 4.69) is 16.8 Å². The van der Waals surface area contributed by atoms with Crippen LogP contribution in [0.3, 0.4) is 0 Å². The Morgan fingerprint density at radius 1 is 1.00 bits per heavy atom. The summed E-state index contributed by atoms with van der Waals surface area (Å²) in [5.74, 6) is 1.43. The van der Waals surface area contributed by atoms with E-state index in [9.17, 15) is 4.79 Å². The van der Waals surface area contributed by atoms with Gasteiger partial charge in [-0.15, -0.1) is 11.3 Å². The van der Waals surface area contributed by atoms with Gasteiger partial charge in [0.15, 0.2) is 11.5 Å². The van der Waals surface area contributed by atoms with Crippen LogP contribution in [0.4, 0.5) is 0 Å². The van der Waals surface area contributed by atoms with Crippen molar-refractivity contribution in [2.75, 3.05) is 7.11 Å². The van der Waals surface area contributed by atoms with Crippen LogP contribution in [0.2, 0.25) is 0 Å². The lowest BCUT2D eigenvalue weighted by Gasteiger charge is -2.13. The highest BCUT2D eigenvalue weighted by molar-refractivity contribution is 7.09. The molecule has 0 aliphatic carbocycles. The van der Waals surface area contributed by atoms with Crippen LogP contribution < -0.4 is 14.8 Å². The SMILES string of the molecule is COc1cc(CNC(=O)CCCc2cccs2)ccc1OCc1ccccc1. The summed E-state index contributed by atoms with van der Waals surface area (Å²) in [5.41, 5.74) is 2.08. The molecule has 0 spiro atoms. The fourth-order valence-corrected chi connectivity index (χ4v) is 3.59. The maximum absolute atomic E-state index is 12.1. The number of hydrogen-bond acceptors (Lipinski definition) is 4. The van der Waals surface area contributed by atoms with Gasteiger partial charge >= 0.3 is 0 Å². The van der Waals surface area contributed by atoms with Gasteiger partial charge in [0.05, 0.1) is 7.11 Å². The summed E-state index contributed by atoms with van der Waals surface area (Å²) in [4.78, 5) is 13.4. The van der Waals surface area contributed by atoms with Crippen molar-refractivity contribution in [2.24, 2.45) is 0 Å². The molecule has 0 atom stereocenters. The van der Waals surface area contributed by atoms with E-state index in [0.717, 1.165) is 24.0 Å². The monoisotopic (exact) mass is 395 g/mol. The van der Waals surface area contributed by atoms with Crippen molar-refractivity contribution < 1.29 is 14.3 Å². The lowest BCUT2D eigenvalue weighted by Crippen LogP contribution is -2.22. The van der Waals surface area contributed by atoms with Gasteiger partial charge in [0.1, 0.15) is 6.61 Å². The number of nitrogens with one attached hydrogen (secondary N) is 1. The van der Waals surface area contributed by atoms with Crippen LogP contribution in [-0.4, -0.2) is 13.0 Å². The van der Waals surface area contributed by atoms with E-state index >= 15 is 0 Å². The van der Waals surface area contributed by atoms with Gasteiger partial charge in [-0.05, 0) is 47.5 Å². The Hall–Kier alpha value is -2.79. The maximum Gasteiger partial charge on any atom is 0.220 e. The Kier molecular flexibility index (Phi) is 7.50. The smallest absolute Gasteiger partial charge is 0.220 e. The maximum atomic E-state index is 12.1. The van der Waals surface area contributed by atoms with E-state index in [4.69, 9.17) is 9.47 Å². The second-order valence-corrected chi connectivity index (χ2v) is 7.50. The zero-order chi connectivity index (χ0) is 19.6. The Balaban J connectivity index is 1.46. The predicted molar refractivity (Wildman–Crippen MR) is 113 cm³/mol. The summed E-state index contributed by atoms with van der Waals surface area (Å²) in [6, 6.07) is 19.9. The summed E-state index contributed by atoms with van der Waals surface area (Å²) in [7, 11) is 1.62. The van der Waals surface area contributed by atoms with Crippen LogP contribution in [-0.2, 0) is 24.4 Å². The molecule has 4 nitrogen and oxygen atoms in total. The molecule has 0 unspecified atom stereocenters. The number of methoxy groups -OCH3 is 1. The van der Waals surface area contributed by atoms with Crippen LogP contribution in [0.5, 0.6) is 11.5 Å². The molecule has 0 bridgehead atoms. The zero-order valence-corrected chi connectivity index (χ0v) is 16.8. The van der Waals surface area contributed by atoms with E-state index in [1.165, 1.54) is 4.88 Å². The third-order valence-corrected chi connectivity index (χ3v) is 5.30. The van der Waals surface area contributed by atoms with Gasteiger partial charge in [-0.2, -0.15) is 0 Å². The normalized spacial score (nSPS) is 10.5. The molecule has 1 aromatic heterocycles. The van der Waals surface area contributed by atoms with Crippen LogP contribution in [0.25, 0.3) is 0 Å². The Morgan fingerprint density at radius 3 is 2.61 bits per heavy atom. The highest BCUT2D eigenvalue weighted by atomic mass is 32.1. The molecule has 2 aromatic carbocycles. The fraction of sp³-hybridized carbons (Fsp3) is 0.261. The molecule has 3 rings (SSSR count). The molecule has 1 amide bonds. The van der Waals surface area contributed by atoms with Crippen LogP contribution in [0.1, 0.15) is 28.8 Å². The first-order valence-electron chi connectivity index (χ1n) is 9.37. The number of hydrogen-bond donors (Lipinski definition) is 1. The van der Waals surface area contributed by atoms with E-state index in [1.807, 2.05) is 54.6 Å². The number of aryl methyl sites for hydroxylation is 1. The average molecular weight is 396 g/mol. The summed E-state index contributed by atoms with van der Waals surface area (Å²) in [6.07, 6.45) is 2.35. The third kappa shape index (κ3) is 6.13. The van der Waals surface area contributed by atoms with E-state index in [-0.39, 0.29) is 5.91 Å². The fourth-order valence-electron chi connectivity index (χ4n) is 2.84. The Labute approximate surface area is 170 Å². The minimum atomic E-state index is 0.0694. The second kappa shape index (κ2) is 10.5. The predicted octanol–water partition coefficient (Wildman–Crippen LogP) is 4.97. The van der Waals surface area contributed by atoms with Crippen molar-refractivity contribution in [3.8, 4) is 11.5 Å². The number of thiophene rings is 1. The quantitative estimate of drug-likeness (QED) is 0.527. The molecule has 1 heterocycles. The molecule has 0 saturated heterocycles. The highest BCUT2D eigenvalue weighted by Gasteiger charge is 2.08. The molecule has 0 aliphatic rings. The molecule has 3 aromatic rings. The molecule has 0 saturated carbocycles. The zero-order valence-electron chi connectivity index (χ0n) is 16.0. The average Bonchev–Trinajstić information content (AvgIpc) is 3.25. The first-order valence-corrected chi connectivity index (χ1v) is 10.3. The number of carbonyl (C=O) groups is 1. The molecular formula is C23H25NO3S. The molecule has 28 heavy (non-hydrogen) atoms. The molecular weight excluding hydrogens is 370 g/mol. The van der Waals surface area contributed by atoms with Crippen molar-refractivity contribution in [3.63, 3.8) is 0 Å². The molecule has 1 N–H and O–H groups in total. The van der Waals surface area contributed by atoms with E-state index in [0.29, 0.717) is 31.1 Å². The van der Waals surface area contributed by atoms with Crippen LogP contribution in [0.15, 0.2) is 66.0 Å². The van der Waals surface area contributed by atoms with Gasteiger partial charge in [-0.3, -0.25) is 4.79 Å². The lowest BCUT2D eigenvalue weighted by atomic mass is 10.1. The van der Waals surface area contributed by atoms with Crippen molar-refractivity contribution >= 4 is 17.2 Å². The first kappa shape index (κ1) is 20.0. The Morgan fingerprint density at radius 2 is 1.86 bits per heavy atom. The molecule has 5 heteroatoms. The highest BCUT2D eigenvalue weighted by Crippen LogP contribution is 2.28. The van der Waals surface area contributed by atoms with Gasteiger partial charge in [-0.1, -0.05) is 42.5 Å². The van der Waals surface area contributed by atoms with Crippen LogP contribution in [0, 0.1) is 0 Å². The molecule has 0 radical (unpaired) electrons. The number of rotatable bonds is 10. The standard InChI is InChI=1S/C23H25NO3S/c1-26-22-15-19(12-13-21(22)27-17-18-7-3-2-4-8-18)16-24-23(25)11-5-9-20-10-6-14-28-20/h2-4,6-8,10,12-15H,5,9,11,16-17H2,1H3,(H,24,25). The third-order valence-electron chi connectivity index (χ3n) is 4.36. The van der Waals surface area contributed by atoms with Gasteiger partial charge in [-0.25, -0.2) is 0 Å². The Bertz CT molecular complexity index is 863. The van der Waals surface area contributed by atoms with E-state index < -0.39 is 0 Å². The molecule has 0 fully saturated rings. The molecule has 0 aliphatic heterocycles. The van der Waals surface area contributed by atoms with Crippen molar-refractivity contribution in [3.05, 3.63) is 82.0 Å². The van der Waals surface area contributed by atoms with Crippen LogP contribution >= 0.6 is 11.3 Å². The summed E-state index contributed by atoms with van der Waals surface area (Å²) >= 11 is 1.74. The van der Waals surface area contributed by atoms with Crippen molar-refractivity contribution in [1.29, 1.82) is 0 Å². The summed E-state index contributed by atoms with van der Waals surface area (Å²) < 4.78 is 11.3. The van der Waals surface area contributed by atoms with Crippen molar-refractivity contribution in [2.45, 2.75) is 32.4 Å². The van der Waals surface area contributed by atoms with Crippen molar-refractivity contribution in [1.82, 2.24) is 5.32 Å². The topological polar surface area (TPSA) is 47.6 Å².